The minimum atomic E-state index is -0.691. The van der Waals surface area contributed by atoms with Crippen molar-refractivity contribution in [3.63, 3.8) is 0 Å². The number of carbonyl (C=O) groups excluding carboxylic acids is 2. The normalized spacial score (nSPS) is 10.9. The zero-order valence-electron chi connectivity index (χ0n) is 17.5. The Balaban J connectivity index is 0.000000960. The third-order valence-electron chi connectivity index (χ3n) is 3.91. The number of carbonyl (C=O) groups is 2. The van der Waals surface area contributed by atoms with Gasteiger partial charge in [-0.2, -0.15) is 0 Å². The largest absolute Gasteiger partial charge is 0.503 e. The number of amides is 1. The van der Waals surface area contributed by atoms with Crippen molar-refractivity contribution in [2.75, 3.05) is 13.7 Å². The van der Waals surface area contributed by atoms with E-state index in [1.165, 1.54) is 32.2 Å². The molecule has 1 unspecified atom stereocenters. The van der Waals surface area contributed by atoms with Crippen molar-refractivity contribution in [1.82, 2.24) is 10.3 Å². The van der Waals surface area contributed by atoms with Crippen molar-refractivity contribution in [3.8, 4) is 11.5 Å². The molecule has 0 aliphatic rings. The minimum Gasteiger partial charge on any atom is -0.503 e. The lowest BCUT2D eigenvalue weighted by Gasteiger charge is -2.14. The Morgan fingerprint density at radius 2 is 1.79 bits per heavy atom. The molecule has 0 bridgehead atoms. The summed E-state index contributed by atoms with van der Waals surface area (Å²) in [6, 6.07) is 11.1. The van der Waals surface area contributed by atoms with E-state index in [9.17, 15) is 14.7 Å². The van der Waals surface area contributed by atoms with Gasteiger partial charge in [0.1, 0.15) is 12.6 Å². The average molecular weight is 402 g/mol. The van der Waals surface area contributed by atoms with E-state index in [1.54, 1.807) is 6.92 Å². The third-order valence-corrected chi connectivity index (χ3v) is 3.91. The highest BCUT2D eigenvalue weighted by Crippen LogP contribution is 2.27. The van der Waals surface area contributed by atoms with Crippen LogP contribution < -0.4 is 10.1 Å². The molecule has 0 aliphatic heterocycles. The number of benzene rings is 1. The van der Waals surface area contributed by atoms with E-state index in [1.807, 2.05) is 30.3 Å². The van der Waals surface area contributed by atoms with E-state index in [2.05, 4.69) is 24.1 Å². The second kappa shape index (κ2) is 13.1. The van der Waals surface area contributed by atoms with Crippen LogP contribution in [0, 0.1) is 0 Å². The van der Waals surface area contributed by atoms with Crippen LogP contribution in [0.25, 0.3) is 0 Å². The summed E-state index contributed by atoms with van der Waals surface area (Å²) in [5.74, 6) is -1.52. The van der Waals surface area contributed by atoms with Crippen molar-refractivity contribution < 1.29 is 24.2 Å². The van der Waals surface area contributed by atoms with Gasteiger partial charge in [0.05, 0.1) is 7.11 Å². The smallest absolute Gasteiger partial charge is 0.325 e. The van der Waals surface area contributed by atoms with Crippen LogP contribution in [0.5, 0.6) is 11.5 Å². The second-order valence-corrected chi connectivity index (χ2v) is 6.38. The number of nitrogens with one attached hydrogen (secondary N) is 1. The van der Waals surface area contributed by atoms with Gasteiger partial charge in [-0.05, 0) is 12.5 Å². The van der Waals surface area contributed by atoms with Crippen molar-refractivity contribution >= 4 is 11.9 Å². The molecule has 0 saturated carbocycles. The van der Waals surface area contributed by atoms with Gasteiger partial charge in [-0.1, -0.05) is 57.0 Å². The first-order chi connectivity index (χ1) is 13.9. The van der Waals surface area contributed by atoms with E-state index in [0.717, 1.165) is 5.56 Å². The summed E-state index contributed by atoms with van der Waals surface area (Å²) in [6.45, 7) is 5.82. The van der Waals surface area contributed by atoms with E-state index in [4.69, 9.17) is 9.47 Å². The molecule has 1 atom stereocenters. The Morgan fingerprint density at radius 3 is 2.38 bits per heavy atom. The molecule has 2 aromatic rings. The van der Waals surface area contributed by atoms with Crippen LogP contribution in [0.15, 0.2) is 42.6 Å². The summed E-state index contributed by atoms with van der Waals surface area (Å²) in [5, 5.41) is 12.2. The summed E-state index contributed by atoms with van der Waals surface area (Å²) in [6.07, 6.45) is 4.22. The number of hydrogen-bond acceptors (Lipinski definition) is 6. The SMILES string of the molecule is CCCC.COc1ccnc(C(=O)NCC(=O)OC(C)Cc2ccccc2)c1O. The highest BCUT2D eigenvalue weighted by Gasteiger charge is 2.18. The molecule has 0 radical (unpaired) electrons. The number of nitrogens with zero attached hydrogens (tertiary/aromatic N) is 1. The second-order valence-electron chi connectivity index (χ2n) is 6.38. The Morgan fingerprint density at radius 1 is 1.14 bits per heavy atom. The predicted octanol–water partition coefficient (Wildman–Crippen LogP) is 3.51. The Kier molecular flexibility index (Phi) is 10.9. The number of aromatic nitrogens is 1. The lowest BCUT2D eigenvalue weighted by molar-refractivity contribution is -0.146. The van der Waals surface area contributed by atoms with Gasteiger partial charge in [-0.25, -0.2) is 4.98 Å². The number of ether oxygens (including phenoxy) is 2. The first-order valence-electron chi connectivity index (χ1n) is 9.66. The molecule has 2 rings (SSSR count). The Hall–Kier alpha value is -3.09. The molecule has 0 fully saturated rings. The van der Waals surface area contributed by atoms with E-state index in [-0.39, 0.29) is 29.8 Å². The maximum Gasteiger partial charge on any atom is 0.325 e. The summed E-state index contributed by atoms with van der Waals surface area (Å²) in [7, 11) is 1.36. The van der Waals surface area contributed by atoms with Gasteiger partial charge in [0.25, 0.3) is 5.91 Å². The topological polar surface area (TPSA) is 97.8 Å². The molecule has 1 aromatic heterocycles. The molecule has 29 heavy (non-hydrogen) atoms. The molecule has 1 aromatic carbocycles. The lowest BCUT2D eigenvalue weighted by atomic mass is 10.1. The van der Waals surface area contributed by atoms with Gasteiger partial charge in [0, 0.05) is 18.7 Å². The molecule has 1 heterocycles. The van der Waals surface area contributed by atoms with Gasteiger partial charge >= 0.3 is 5.97 Å². The number of pyridine rings is 1. The number of methoxy groups -OCH3 is 1. The van der Waals surface area contributed by atoms with Gasteiger partial charge in [0.2, 0.25) is 0 Å². The van der Waals surface area contributed by atoms with Crippen molar-refractivity contribution in [2.24, 2.45) is 0 Å². The van der Waals surface area contributed by atoms with E-state index < -0.39 is 11.9 Å². The first-order valence-corrected chi connectivity index (χ1v) is 9.66. The van der Waals surface area contributed by atoms with E-state index in [0.29, 0.717) is 6.42 Å². The highest BCUT2D eigenvalue weighted by atomic mass is 16.5. The van der Waals surface area contributed by atoms with Crippen LogP contribution in [-0.2, 0) is 16.0 Å². The lowest BCUT2D eigenvalue weighted by Crippen LogP contribution is -2.33. The molecule has 7 heteroatoms. The molecule has 158 valence electrons. The molecule has 0 spiro atoms. The minimum absolute atomic E-state index is 0.124. The molecule has 0 saturated heterocycles. The fraction of sp³-hybridized carbons (Fsp3) is 0.409. The summed E-state index contributed by atoms with van der Waals surface area (Å²) >= 11 is 0. The van der Waals surface area contributed by atoms with Crippen molar-refractivity contribution in [1.29, 1.82) is 0 Å². The quantitative estimate of drug-likeness (QED) is 0.656. The zero-order chi connectivity index (χ0) is 21.6. The number of aromatic hydroxyl groups is 1. The van der Waals surface area contributed by atoms with Crippen LogP contribution in [-0.4, -0.2) is 41.7 Å². The summed E-state index contributed by atoms with van der Waals surface area (Å²) in [4.78, 5) is 27.6. The van der Waals surface area contributed by atoms with Crippen LogP contribution in [0.4, 0.5) is 0 Å². The maximum atomic E-state index is 12.0. The van der Waals surface area contributed by atoms with Gasteiger partial charge in [-0.15, -0.1) is 0 Å². The average Bonchev–Trinajstić information content (AvgIpc) is 2.73. The molecular weight excluding hydrogens is 372 g/mol. The monoisotopic (exact) mass is 402 g/mol. The predicted molar refractivity (Wildman–Crippen MR) is 111 cm³/mol. The van der Waals surface area contributed by atoms with Gasteiger partial charge in [-0.3, -0.25) is 9.59 Å². The van der Waals surface area contributed by atoms with Crippen molar-refractivity contribution in [2.45, 2.75) is 46.1 Å². The van der Waals surface area contributed by atoms with Crippen LogP contribution in [0.1, 0.15) is 49.7 Å². The van der Waals surface area contributed by atoms with Gasteiger partial charge in [0.15, 0.2) is 17.2 Å². The number of unbranched alkanes of at least 4 members (excludes halogenated alkanes) is 1. The molecular formula is C22H30N2O5. The van der Waals surface area contributed by atoms with E-state index >= 15 is 0 Å². The maximum absolute atomic E-state index is 12.0. The standard InChI is InChI=1S/C18H20N2O5.C4H10/c1-12(10-13-6-4-3-5-7-13)25-15(21)11-20-18(23)16-17(22)14(24-2)8-9-19-16;1-3-4-2/h3-9,12,22H,10-11H2,1-2H3,(H,20,23);3-4H2,1-2H3. The fourth-order valence-corrected chi connectivity index (χ4v) is 2.26. The number of hydrogen-bond donors (Lipinski definition) is 2. The fourth-order valence-electron chi connectivity index (χ4n) is 2.26. The molecule has 1 amide bonds. The van der Waals surface area contributed by atoms with Crippen LogP contribution in [0.3, 0.4) is 0 Å². The molecule has 7 nitrogen and oxygen atoms in total. The van der Waals surface area contributed by atoms with Gasteiger partial charge < -0.3 is 19.9 Å². The van der Waals surface area contributed by atoms with Crippen molar-refractivity contribution in [3.05, 3.63) is 53.9 Å². The number of rotatable bonds is 8. The summed E-state index contributed by atoms with van der Waals surface area (Å²) in [5.41, 5.74) is 0.835. The zero-order valence-corrected chi connectivity index (χ0v) is 17.5. The number of esters is 1. The molecule has 2 N–H and O–H groups in total. The van der Waals surface area contributed by atoms with Crippen LogP contribution >= 0.6 is 0 Å². The Labute approximate surface area is 172 Å². The van der Waals surface area contributed by atoms with Crippen LogP contribution in [0.2, 0.25) is 0 Å². The first kappa shape index (κ1) is 23.9. The third kappa shape index (κ3) is 8.64. The molecule has 0 aliphatic carbocycles. The highest BCUT2D eigenvalue weighted by molar-refractivity contribution is 5.97. The Bertz CT molecular complexity index is 763. The summed E-state index contributed by atoms with van der Waals surface area (Å²) < 4.78 is 10.2.